The zero-order valence-corrected chi connectivity index (χ0v) is 15.1. The molecule has 1 aliphatic rings. The highest BCUT2D eigenvalue weighted by atomic mass is 32.1. The lowest BCUT2D eigenvalue weighted by atomic mass is 9.89. The van der Waals surface area contributed by atoms with Crippen LogP contribution < -0.4 is 4.90 Å². The van der Waals surface area contributed by atoms with Crippen LogP contribution in [0.25, 0.3) is 10.2 Å². The van der Waals surface area contributed by atoms with E-state index in [1.807, 2.05) is 11.3 Å². The minimum absolute atomic E-state index is 0.786. The summed E-state index contributed by atoms with van der Waals surface area (Å²) in [4.78, 5) is 14.3. The van der Waals surface area contributed by atoms with Gasteiger partial charge in [0.15, 0.2) is 0 Å². The van der Waals surface area contributed by atoms with Gasteiger partial charge in [0, 0.05) is 18.0 Å². The lowest BCUT2D eigenvalue weighted by molar-refractivity contribution is 0.509. The van der Waals surface area contributed by atoms with Crippen molar-refractivity contribution in [1.82, 2.24) is 9.97 Å². The van der Waals surface area contributed by atoms with Gasteiger partial charge in [-0.05, 0) is 43.2 Å². The van der Waals surface area contributed by atoms with E-state index < -0.39 is 0 Å². The van der Waals surface area contributed by atoms with Gasteiger partial charge in [0.2, 0.25) is 0 Å². The molecule has 0 fully saturated rings. The average Bonchev–Trinajstić information content (AvgIpc) is 2.98. The van der Waals surface area contributed by atoms with Gasteiger partial charge in [0.1, 0.15) is 17.0 Å². The quantitative estimate of drug-likeness (QED) is 0.682. The largest absolute Gasteiger partial charge is 0.352 e. The molecule has 4 rings (SSSR count). The minimum Gasteiger partial charge on any atom is -0.352 e. The first kappa shape index (κ1) is 15.6. The summed E-state index contributed by atoms with van der Waals surface area (Å²) in [5, 5.41) is 1.31. The third-order valence-electron chi connectivity index (χ3n) is 4.97. The van der Waals surface area contributed by atoms with E-state index in [0.29, 0.717) is 0 Å². The van der Waals surface area contributed by atoms with E-state index in [4.69, 9.17) is 4.98 Å². The Morgan fingerprint density at radius 2 is 2.04 bits per heavy atom. The molecule has 0 aliphatic heterocycles. The molecule has 4 heteroatoms. The van der Waals surface area contributed by atoms with Crippen LogP contribution in [0.2, 0.25) is 0 Å². The van der Waals surface area contributed by atoms with Gasteiger partial charge in [-0.15, -0.1) is 11.3 Å². The minimum atomic E-state index is 0.786. The van der Waals surface area contributed by atoms with Crippen LogP contribution in [-0.2, 0) is 19.4 Å². The Balaban J connectivity index is 1.77. The fraction of sp³-hybridized carbons (Fsp3) is 0.400. The van der Waals surface area contributed by atoms with Crippen LogP contribution in [0.4, 0.5) is 5.82 Å². The monoisotopic (exact) mass is 337 g/mol. The zero-order valence-electron chi connectivity index (χ0n) is 14.3. The van der Waals surface area contributed by atoms with Gasteiger partial charge in [-0.3, -0.25) is 0 Å². The van der Waals surface area contributed by atoms with Crippen molar-refractivity contribution < 1.29 is 0 Å². The van der Waals surface area contributed by atoms with E-state index >= 15 is 0 Å². The number of thiophene rings is 1. The molecular weight excluding hydrogens is 314 g/mol. The van der Waals surface area contributed by atoms with Crippen molar-refractivity contribution >= 4 is 27.4 Å². The first-order chi connectivity index (χ1) is 11.8. The van der Waals surface area contributed by atoms with Crippen LogP contribution in [0.1, 0.15) is 36.3 Å². The number of nitrogens with zero attached hydrogens (tertiary/aromatic N) is 3. The molecule has 0 radical (unpaired) electrons. The van der Waals surface area contributed by atoms with Crippen molar-refractivity contribution in [1.29, 1.82) is 0 Å². The van der Waals surface area contributed by atoms with Crippen molar-refractivity contribution in [3.63, 3.8) is 0 Å². The smallest absolute Gasteiger partial charge is 0.141 e. The maximum atomic E-state index is 4.70. The van der Waals surface area contributed by atoms with Gasteiger partial charge in [-0.1, -0.05) is 37.3 Å². The summed E-state index contributed by atoms with van der Waals surface area (Å²) >= 11 is 1.87. The van der Waals surface area contributed by atoms with Gasteiger partial charge < -0.3 is 4.90 Å². The maximum absolute atomic E-state index is 4.70. The normalized spacial score (nSPS) is 17.0. The van der Waals surface area contributed by atoms with E-state index in [-0.39, 0.29) is 0 Å². The van der Waals surface area contributed by atoms with Gasteiger partial charge >= 0.3 is 0 Å². The summed E-state index contributed by atoms with van der Waals surface area (Å²) in [5.74, 6) is 1.90. The SMILES string of the molecule is CCN(Cc1ccccc1)c1ncnc2sc3c(c12)CCC(C)C3. The Bertz CT molecular complexity index is 841. The third kappa shape index (κ3) is 2.80. The molecule has 124 valence electrons. The van der Waals surface area contributed by atoms with Crippen molar-refractivity contribution in [3.8, 4) is 0 Å². The molecule has 24 heavy (non-hydrogen) atoms. The molecule has 1 aliphatic carbocycles. The topological polar surface area (TPSA) is 29.0 Å². The Labute approximate surface area is 147 Å². The van der Waals surface area contributed by atoms with E-state index in [2.05, 4.69) is 54.1 Å². The fourth-order valence-electron chi connectivity index (χ4n) is 3.64. The van der Waals surface area contributed by atoms with Gasteiger partial charge in [0.25, 0.3) is 0 Å². The first-order valence-electron chi connectivity index (χ1n) is 8.80. The molecule has 2 aromatic heterocycles. The standard InChI is InChI=1S/C20H23N3S/c1-3-23(12-15-7-5-4-6-8-15)19-18-16-10-9-14(2)11-17(16)24-20(18)22-13-21-19/h4-8,13-14H,3,9-12H2,1-2H3. The van der Waals surface area contributed by atoms with Crippen molar-refractivity contribution in [2.75, 3.05) is 11.4 Å². The lowest BCUT2D eigenvalue weighted by Crippen LogP contribution is -2.23. The molecule has 3 aromatic rings. The Hall–Kier alpha value is -1.94. The number of anilines is 1. The summed E-state index contributed by atoms with van der Waals surface area (Å²) < 4.78 is 0. The highest BCUT2D eigenvalue weighted by Crippen LogP contribution is 2.40. The van der Waals surface area contributed by atoms with E-state index in [9.17, 15) is 0 Å². The van der Waals surface area contributed by atoms with E-state index in [0.717, 1.165) is 29.7 Å². The van der Waals surface area contributed by atoms with E-state index in [1.165, 1.54) is 40.7 Å². The number of hydrogen-bond donors (Lipinski definition) is 0. The molecule has 0 bridgehead atoms. The molecule has 0 saturated heterocycles. The fourth-order valence-corrected chi connectivity index (χ4v) is 4.98. The second-order valence-corrected chi connectivity index (χ2v) is 7.81. The molecule has 3 nitrogen and oxygen atoms in total. The summed E-state index contributed by atoms with van der Waals surface area (Å²) in [5.41, 5.74) is 2.83. The predicted octanol–water partition coefficient (Wildman–Crippen LogP) is 4.84. The Morgan fingerprint density at radius 1 is 1.21 bits per heavy atom. The van der Waals surface area contributed by atoms with Gasteiger partial charge in [-0.2, -0.15) is 0 Å². The molecule has 1 atom stereocenters. The third-order valence-corrected chi connectivity index (χ3v) is 6.13. The van der Waals surface area contributed by atoms with Crippen LogP contribution >= 0.6 is 11.3 Å². The average molecular weight is 337 g/mol. The van der Waals surface area contributed by atoms with E-state index in [1.54, 1.807) is 6.33 Å². The highest BCUT2D eigenvalue weighted by molar-refractivity contribution is 7.19. The number of hydrogen-bond acceptors (Lipinski definition) is 4. The number of fused-ring (bicyclic) bond motifs is 3. The van der Waals surface area contributed by atoms with Crippen LogP contribution in [0.15, 0.2) is 36.7 Å². The second-order valence-electron chi connectivity index (χ2n) is 6.73. The molecule has 0 N–H and O–H groups in total. The highest BCUT2D eigenvalue weighted by Gasteiger charge is 2.24. The van der Waals surface area contributed by atoms with Gasteiger partial charge in [-0.25, -0.2) is 9.97 Å². The number of aromatic nitrogens is 2. The van der Waals surface area contributed by atoms with Gasteiger partial charge in [0.05, 0.1) is 5.39 Å². The molecule has 1 aromatic carbocycles. The first-order valence-corrected chi connectivity index (χ1v) is 9.62. The van der Waals surface area contributed by atoms with Crippen molar-refractivity contribution in [2.24, 2.45) is 5.92 Å². The molecule has 0 amide bonds. The molecule has 0 spiro atoms. The Kier molecular flexibility index (Phi) is 4.23. The molecule has 0 saturated carbocycles. The van der Waals surface area contributed by atoms with Crippen molar-refractivity contribution in [2.45, 2.75) is 39.7 Å². The number of benzene rings is 1. The van der Waals surface area contributed by atoms with Crippen LogP contribution in [0.5, 0.6) is 0 Å². The summed E-state index contributed by atoms with van der Waals surface area (Å²) in [6.07, 6.45) is 5.37. The molecule has 2 heterocycles. The summed E-state index contributed by atoms with van der Waals surface area (Å²) in [6, 6.07) is 10.6. The van der Waals surface area contributed by atoms with Crippen LogP contribution in [0, 0.1) is 5.92 Å². The predicted molar refractivity (Wildman–Crippen MR) is 102 cm³/mol. The zero-order chi connectivity index (χ0) is 16.5. The summed E-state index contributed by atoms with van der Waals surface area (Å²) in [7, 11) is 0. The molecule has 1 unspecified atom stereocenters. The van der Waals surface area contributed by atoms with Crippen LogP contribution in [0.3, 0.4) is 0 Å². The van der Waals surface area contributed by atoms with Crippen LogP contribution in [-0.4, -0.2) is 16.5 Å². The molecular formula is C20H23N3S. The maximum Gasteiger partial charge on any atom is 0.141 e. The Morgan fingerprint density at radius 3 is 2.83 bits per heavy atom. The lowest BCUT2D eigenvalue weighted by Gasteiger charge is -2.24. The second kappa shape index (κ2) is 6.52. The van der Waals surface area contributed by atoms with Crippen molar-refractivity contribution in [3.05, 3.63) is 52.7 Å². The number of aryl methyl sites for hydroxylation is 1. The summed E-state index contributed by atoms with van der Waals surface area (Å²) in [6.45, 7) is 6.40. The number of rotatable bonds is 4.